The van der Waals surface area contributed by atoms with Gasteiger partial charge >= 0.3 is 11.9 Å². The summed E-state index contributed by atoms with van der Waals surface area (Å²) < 4.78 is 10.7. The summed E-state index contributed by atoms with van der Waals surface area (Å²) in [5, 5.41) is 0. The maximum Gasteiger partial charge on any atom is 0.311 e. The van der Waals surface area contributed by atoms with Crippen molar-refractivity contribution in [3.05, 3.63) is 84.5 Å². The summed E-state index contributed by atoms with van der Waals surface area (Å²) >= 11 is 0. The second kappa shape index (κ2) is 14.2. The van der Waals surface area contributed by atoms with Crippen LogP contribution >= 0.6 is 0 Å². The van der Waals surface area contributed by atoms with E-state index in [1.807, 2.05) is 48.6 Å². The minimum absolute atomic E-state index is 0.210. The van der Waals surface area contributed by atoms with Gasteiger partial charge in [0.15, 0.2) is 0 Å². The molecule has 0 N–H and O–H groups in total. The average molecular weight is 383 g/mol. The first-order valence-electron chi connectivity index (χ1n) is 9.64. The van der Waals surface area contributed by atoms with Gasteiger partial charge in [-0.25, -0.2) is 0 Å². The summed E-state index contributed by atoms with van der Waals surface area (Å²) in [7, 11) is 0. The van der Waals surface area contributed by atoms with Crippen LogP contribution in [0.3, 0.4) is 0 Å². The zero-order valence-corrected chi connectivity index (χ0v) is 16.9. The van der Waals surface area contributed by atoms with Crippen LogP contribution in [0.1, 0.15) is 51.9 Å². The molecule has 1 unspecified atom stereocenters. The Morgan fingerprint density at radius 3 is 2.11 bits per heavy atom. The van der Waals surface area contributed by atoms with Gasteiger partial charge in [-0.05, 0) is 12.8 Å². The number of carbonyl (C=O) groups is 2. The Balaban J connectivity index is 2.49. The molecule has 150 valence electrons. The predicted octanol–water partition coefficient (Wildman–Crippen LogP) is 5.84. The summed E-state index contributed by atoms with van der Waals surface area (Å²) in [6.45, 7) is 5.56. The average Bonchev–Trinajstić information content (AvgIpc) is 2.69. The maximum absolute atomic E-state index is 12.1. The second-order valence-electron chi connectivity index (χ2n) is 6.40. The second-order valence-corrected chi connectivity index (χ2v) is 6.40. The van der Waals surface area contributed by atoms with Gasteiger partial charge in [0.05, 0.1) is 5.92 Å². The molecule has 1 aromatic rings. The van der Waals surface area contributed by atoms with Gasteiger partial charge in [0.1, 0.15) is 0 Å². The highest BCUT2D eigenvalue weighted by Crippen LogP contribution is 2.21. The third kappa shape index (κ3) is 10.3. The number of rotatable bonds is 11. The van der Waals surface area contributed by atoms with Crippen LogP contribution in [-0.2, 0) is 19.1 Å². The third-order valence-electron chi connectivity index (χ3n) is 3.58. The zero-order valence-electron chi connectivity index (χ0n) is 16.9. The third-order valence-corrected chi connectivity index (χ3v) is 3.58. The lowest BCUT2D eigenvalue weighted by Gasteiger charge is -2.19. The molecule has 0 amide bonds. The Labute approximate surface area is 168 Å². The van der Waals surface area contributed by atoms with E-state index >= 15 is 0 Å². The molecule has 0 heterocycles. The molecule has 0 aliphatic carbocycles. The van der Waals surface area contributed by atoms with Crippen molar-refractivity contribution in [2.75, 3.05) is 0 Å². The van der Waals surface area contributed by atoms with Crippen LogP contribution in [0.4, 0.5) is 0 Å². The normalized spacial score (nSPS) is 13.1. The SMILES string of the molecule is CC/C=C/C=C/C=C/C=CCCC(=O)OC(OC(=O)C(C)C)c1ccccc1. The number of esters is 2. The number of ether oxygens (including phenoxy) is 2. The van der Waals surface area contributed by atoms with E-state index in [0.717, 1.165) is 6.42 Å². The highest BCUT2D eigenvalue weighted by molar-refractivity contribution is 5.73. The molecular weight excluding hydrogens is 352 g/mol. The van der Waals surface area contributed by atoms with E-state index in [1.54, 1.807) is 38.1 Å². The van der Waals surface area contributed by atoms with Crippen molar-refractivity contribution in [3.63, 3.8) is 0 Å². The number of benzene rings is 1. The van der Waals surface area contributed by atoms with Gasteiger partial charge in [-0.1, -0.05) is 99.7 Å². The zero-order chi connectivity index (χ0) is 20.6. The van der Waals surface area contributed by atoms with E-state index in [1.165, 1.54) is 0 Å². The van der Waals surface area contributed by atoms with Crippen molar-refractivity contribution >= 4 is 11.9 Å². The Bertz CT molecular complexity index is 697. The van der Waals surface area contributed by atoms with Crippen LogP contribution in [0, 0.1) is 5.92 Å². The Kier molecular flexibility index (Phi) is 11.8. The Morgan fingerprint density at radius 1 is 0.893 bits per heavy atom. The number of allylic oxidation sites excluding steroid dienone is 8. The molecule has 0 bridgehead atoms. The van der Waals surface area contributed by atoms with Crippen LogP contribution in [0.2, 0.25) is 0 Å². The largest absolute Gasteiger partial charge is 0.421 e. The summed E-state index contributed by atoms with van der Waals surface area (Å²) in [5.74, 6) is -1.12. The molecule has 0 aliphatic heterocycles. The molecule has 1 atom stereocenters. The van der Waals surface area contributed by atoms with Crippen molar-refractivity contribution in [2.45, 2.75) is 46.3 Å². The van der Waals surface area contributed by atoms with Crippen LogP contribution in [-0.4, -0.2) is 11.9 Å². The molecule has 0 aliphatic rings. The lowest BCUT2D eigenvalue weighted by molar-refractivity contribution is -0.192. The molecular formula is C24H30O4. The van der Waals surface area contributed by atoms with Crippen LogP contribution in [0.15, 0.2) is 78.9 Å². The standard InChI is InChI=1S/C24H30O4/c1-4-5-6-7-8-9-10-11-12-16-19-22(25)27-24(28-23(26)20(2)3)21-17-14-13-15-18-21/h5-15,17-18,20,24H,4,16,19H2,1-3H3/b6-5+,8-7+,10-9+,12-11?. The summed E-state index contributed by atoms with van der Waals surface area (Å²) in [4.78, 5) is 24.0. The van der Waals surface area contributed by atoms with Gasteiger partial charge in [0.2, 0.25) is 0 Å². The summed E-state index contributed by atoms with van der Waals surface area (Å²) in [6.07, 6.45) is 16.3. The fourth-order valence-corrected chi connectivity index (χ4v) is 2.04. The molecule has 0 spiro atoms. The quantitative estimate of drug-likeness (QED) is 0.274. The van der Waals surface area contributed by atoms with Crippen molar-refractivity contribution in [1.82, 2.24) is 0 Å². The molecule has 0 fully saturated rings. The Morgan fingerprint density at radius 2 is 1.50 bits per heavy atom. The van der Waals surface area contributed by atoms with E-state index < -0.39 is 18.2 Å². The molecule has 4 heteroatoms. The van der Waals surface area contributed by atoms with Gasteiger partial charge in [-0.3, -0.25) is 9.59 Å². The molecule has 28 heavy (non-hydrogen) atoms. The lowest BCUT2D eigenvalue weighted by Crippen LogP contribution is -2.20. The van der Waals surface area contributed by atoms with Crippen LogP contribution < -0.4 is 0 Å². The first-order valence-corrected chi connectivity index (χ1v) is 9.64. The fraction of sp³-hybridized carbons (Fsp3) is 0.333. The molecule has 0 saturated carbocycles. The van der Waals surface area contributed by atoms with E-state index in [9.17, 15) is 9.59 Å². The van der Waals surface area contributed by atoms with E-state index in [-0.39, 0.29) is 12.3 Å². The number of carbonyl (C=O) groups excluding carboxylic acids is 2. The van der Waals surface area contributed by atoms with Gasteiger partial charge in [-0.15, -0.1) is 0 Å². The van der Waals surface area contributed by atoms with Crippen molar-refractivity contribution < 1.29 is 19.1 Å². The molecule has 0 aromatic heterocycles. The number of hydrogen-bond acceptors (Lipinski definition) is 4. The Hall–Kier alpha value is -2.88. The predicted molar refractivity (Wildman–Crippen MR) is 112 cm³/mol. The van der Waals surface area contributed by atoms with E-state index in [4.69, 9.17) is 9.47 Å². The van der Waals surface area contributed by atoms with Gasteiger partial charge in [-0.2, -0.15) is 0 Å². The van der Waals surface area contributed by atoms with Crippen LogP contribution in [0.5, 0.6) is 0 Å². The lowest BCUT2D eigenvalue weighted by atomic mass is 10.2. The van der Waals surface area contributed by atoms with Gasteiger partial charge in [0.25, 0.3) is 6.29 Å². The van der Waals surface area contributed by atoms with Gasteiger partial charge in [0, 0.05) is 12.0 Å². The molecule has 1 rings (SSSR count). The highest BCUT2D eigenvalue weighted by atomic mass is 16.7. The fourth-order valence-electron chi connectivity index (χ4n) is 2.04. The molecule has 1 aromatic carbocycles. The molecule has 0 radical (unpaired) electrons. The maximum atomic E-state index is 12.1. The van der Waals surface area contributed by atoms with Crippen molar-refractivity contribution in [2.24, 2.45) is 5.92 Å². The van der Waals surface area contributed by atoms with Gasteiger partial charge < -0.3 is 9.47 Å². The van der Waals surface area contributed by atoms with Crippen molar-refractivity contribution in [3.8, 4) is 0 Å². The molecule has 4 nitrogen and oxygen atoms in total. The molecule has 0 saturated heterocycles. The number of hydrogen-bond donors (Lipinski definition) is 0. The van der Waals surface area contributed by atoms with E-state index in [2.05, 4.69) is 13.0 Å². The summed E-state index contributed by atoms with van der Waals surface area (Å²) in [6, 6.07) is 8.99. The monoisotopic (exact) mass is 382 g/mol. The minimum atomic E-state index is -1.02. The van der Waals surface area contributed by atoms with Crippen LogP contribution in [0.25, 0.3) is 0 Å². The minimum Gasteiger partial charge on any atom is -0.421 e. The first kappa shape index (κ1) is 23.2. The first-order chi connectivity index (χ1) is 13.5. The topological polar surface area (TPSA) is 52.6 Å². The smallest absolute Gasteiger partial charge is 0.311 e. The summed E-state index contributed by atoms with van der Waals surface area (Å²) in [5.41, 5.74) is 0.632. The van der Waals surface area contributed by atoms with E-state index in [0.29, 0.717) is 12.0 Å². The van der Waals surface area contributed by atoms with Crippen molar-refractivity contribution in [1.29, 1.82) is 0 Å². The highest BCUT2D eigenvalue weighted by Gasteiger charge is 2.22.